The molecule has 1 amide bonds. The van der Waals surface area contributed by atoms with Gasteiger partial charge >= 0.3 is 5.97 Å². The number of hydrogen-bond donors (Lipinski definition) is 3. The number of aromatic nitrogens is 4. The van der Waals surface area contributed by atoms with Crippen molar-refractivity contribution in [2.45, 2.75) is 32.4 Å². The maximum absolute atomic E-state index is 13.1. The molecule has 1 aliphatic rings. The summed E-state index contributed by atoms with van der Waals surface area (Å²) in [5, 5.41) is 14.0. The molecule has 3 N–H and O–H groups in total. The van der Waals surface area contributed by atoms with E-state index in [0.29, 0.717) is 28.9 Å². The van der Waals surface area contributed by atoms with Crippen LogP contribution >= 0.6 is 0 Å². The molecule has 4 aromatic rings. The number of esters is 1. The fourth-order valence-corrected chi connectivity index (χ4v) is 5.35. The van der Waals surface area contributed by atoms with Crippen molar-refractivity contribution in [2.24, 2.45) is 7.05 Å². The molecule has 2 aromatic carbocycles. The molecule has 0 unspecified atom stereocenters. The maximum atomic E-state index is 13.1. The molecule has 13 heteroatoms. The first-order valence-electron chi connectivity index (χ1n) is 15.3. The van der Waals surface area contributed by atoms with Gasteiger partial charge in [0, 0.05) is 55.9 Å². The molecule has 1 aliphatic heterocycles. The molecular formula is C34H41N9O4. The van der Waals surface area contributed by atoms with E-state index in [1.165, 1.54) is 12.3 Å². The molecule has 0 bridgehead atoms. The number of para-hydroxylation sites is 1. The van der Waals surface area contributed by atoms with Crippen LogP contribution in [-0.2, 0) is 16.6 Å². The van der Waals surface area contributed by atoms with Crippen LogP contribution in [0.2, 0.25) is 0 Å². The van der Waals surface area contributed by atoms with Gasteiger partial charge in [-0.15, -0.1) is 0 Å². The minimum Gasteiger partial charge on any atom is -0.494 e. The standard InChI is InChI=1S/C34H41N9O4/c1-8-31(44)36-27-17-28(30(46-7)18-29(27)43-16-13-22(20-43)41(4)5)38-34-35-19-24(33(45)47-21(2)3)32(39-34)37-25-12-10-9-11-23(25)26-14-15-42(6)40-26/h8-12,14-15,17-19,21-22H,1,13,16,20H2,2-7H3,(H,36,44)(H2,35,37,38,39)/t22-/m1/s1. The first kappa shape index (κ1) is 32.9. The number of nitrogens with one attached hydrogen (secondary N) is 3. The Kier molecular flexibility index (Phi) is 10.0. The van der Waals surface area contributed by atoms with Gasteiger partial charge in [-0.1, -0.05) is 24.8 Å². The van der Waals surface area contributed by atoms with E-state index in [1.54, 1.807) is 31.7 Å². The molecule has 0 saturated carbocycles. The van der Waals surface area contributed by atoms with E-state index in [4.69, 9.17) is 14.5 Å². The fourth-order valence-electron chi connectivity index (χ4n) is 5.35. The van der Waals surface area contributed by atoms with Gasteiger partial charge in [0.25, 0.3) is 0 Å². The van der Waals surface area contributed by atoms with Crippen LogP contribution in [-0.4, -0.2) is 83.0 Å². The maximum Gasteiger partial charge on any atom is 0.343 e. The Morgan fingerprint density at radius 2 is 1.89 bits per heavy atom. The summed E-state index contributed by atoms with van der Waals surface area (Å²) in [6, 6.07) is 13.6. The van der Waals surface area contributed by atoms with Gasteiger partial charge in [-0.25, -0.2) is 9.78 Å². The van der Waals surface area contributed by atoms with E-state index in [9.17, 15) is 9.59 Å². The number of rotatable bonds is 12. The van der Waals surface area contributed by atoms with E-state index in [2.05, 4.69) is 56.5 Å². The van der Waals surface area contributed by atoms with E-state index < -0.39 is 5.97 Å². The number of nitrogens with zero attached hydrogens (tertiary/aromatic N) is 6. The zero-order valence-corrected chi connectivity index (χ0v) is 27.6. The molecule has 5 rings (SSSR count). The first-order chi connectivity index (χ1) is 22.6. The normalized spacial score (nSPS) is 14.3. The number of carbonyl (C=O) groups excluding carboxylic acids is 2. The summed E-state index contributed by atoms with van der Waals surface area (Å²) < 4.78 is 13.0. The Morgan fingerprint density at radius 1 is 1.11 bits per heavy atom. The lowest BCUT2D eigenvalue weighted by atomic mass is 10.1. The van der Waals surface area contributed by atoms with Crippen molar-refractivity contribution >= 4 is 46.4 Å². The highest BCUT2D eigenvalue weighted by molar-refractivity contribution is 6.02. The minimum atomic E-state index is -0.567. The van der Waals surface area contributed by atoms with Crippen molar-refractivity contribution in [3.8, 4) is 17.0 Å². The third-order valence-electron chi connectivity index (χ3n) is 7.76. The van der Waals surface area contributed by atoms with Crippen LogP contribution in [0.4, 0.5) is 34.5 Å². The number of hydrogen-bond acceptors (Lipinski definition) is 11. The highest BCUT2D eigenvalue weighted by Crippen LogP contribution is 2.40. The molecule has 2 aromatic heterocycles. The second kappa shape index (κ2) is 14.3. The summed E-state index contributed by atoms with van der Waals surface area (Å²) >= 11 is 0. The quantitative estimate of drug-likeness (QED) is 0.139. The van der Waals surface area contributed by atoms with Crippen LogP contribution in [0.15, 0.2) is 67.5 Å². The van der Waals surface area contributed by atoms with E-state index in [-0.39, 0.29) is 29.3 Å². The topological polar surface area (TPSA) is 139 Å². The van der Waals surface area contributed by atoms with Crippen LogP contribution in [0.3, 0.4) is 0 Å². The van der Waals surface area contributed by atoms with Crippen molar-refractivity contribution in [1.82, 2.24) is 24.6 Å². The highest BCUT2D eigenvalue weighted by Gasteiger charge is 2.27. The van der Waals surface area contributed by atoms with Gasteiger partial charge in [0.15, 0.2) is 5.82 Å². The van der Waals surface area contributed by atoms with Gasteiger partial charge in [-0.05, 0) is 58.6 Å². The van der Waals surface area contributed by atoms with Crippen molar-refractivity contribution in [1.29, 1.82) is 0 Å². The first-order valence-corrected chi connectivity index (χ1v) is 15.3. The number of methoxy groups -OCH3 is 1. The summed E-state index contributed by atoms with van der Waals surface area (Å²) in [5.74, 6) is 0.0334. The molecule has 0 aliphatic carbocycles. The number of carbonyl (C=O) groups is 2. The van der Waals surface area contributed by atoms with Gasteiger partial charge in [0.2, 0.25) is 11.9 Å². The number of ether oxygens (including phenoxy) is 2. The van der Waals surface area contributed by atoms with E-state index >= 15 is 0 Å². The predicted molar refractivity (Wildman–Crippen MR) is 184 cm³/mol. The van der Waals surface area contributed by atoms with E-state index in [1.807, 2.05) is 49.6 Å². The van der Waals surface area contributed by atoms with Crippen LogP contribution in [0.25, 0.3) is 11.3 Å². The van der Waals surface area contributed by atoms with Gasteiger partial charge in [0.1, 0.15) is 11.3 Å². The lowest BCUT2D eigenvalue weighted by Crippen LogP contribution is -2.31. The van der Waals surface area contributed by atoms with Crippen molar-refractivity contribution in [2.75, 3.05) is 55.1 Å². The zero-order valence-electron chi connectivity index (χ0n) is 27.6. The lowest BCUT2D eigenvalue weighted by Gasteiger charge is -2.25. The van der Waals surface area contributed by atoms with Gasteiger partial charge < -0.3 is 35.2 Å². The molecule has 1 saturated heterocycles. The molecule has 1 atom stereocenters. The van der Waals surface area contributed by atoms with Crippen molar-refractivity contribution < 1.29 is 19.1 Å². The second-order valence-electron chi connectivity index (χ2n) is 11.7. The molecule has 3 heterocycles. The largest absolute Gasteiger partial charge is 0.494 e. The van der Waals surface area contributed by atoms with Gasteiger partial charge in [0.05, 0.1) is 36.0 Å². The summed E-state index contributed by atoms with van der Waals surface area (Å²) in [6.07, 6.45) is 5.15. The number of benzene rings is 2. The Balaban J connectivity index is 1.53. The van der Waals surface area contributed by atoms with E-state index in [0.717, 1.165) is 36.5 Å². The average molecular weight is 640 g/mol. The Morgan fingerprint density at radius 3 is 2.55 bits per heavy atom. The number of amides is 1. The Bertz CT molecular complexity index is 1770. The Labute approximate surface area is 274 Å². The van der Waals surface area contributed by atoms with Gasteiger partial charge in [-0.3, -0.25) is 9.48 Å². The molecule has 0 spiro atoms. The molecule has 13 nitrogen and oxygen atoms in total. The number of aryl methyl sites for hydroxylation is 1. The van der Waals surface area contributed by atoms with Crippen LogP contribution in [0, 0.1) is 0 Å². The predicted octanol–water partition coefficient (Wildman–Crippen LogP) is 5.20. The van der Waals surface area contributed by atoms with Crippen LogP contribution in [0.5, 0.6) is 5.75 Å². The monoisotopic (exact) mass is 639 g/mol. The summed E-state index contributed by atoms with van der Waals surface area (Å²) in [7, 11) is 7.56. The van der Waals surface area contributed by atoms with Crippen LogP contribution in [0.1, 0.15) is 30.6 Å². The Hall–Kier alpha value is -5.43. The van der Waals surface area contributed by atoms with Crippen LogP contribution < -0.4 is 25.6 Å². The SMILES string of the molecule is C=CC(=O)Nc1cc(Nc2ncc(C(=O)OC(C)C)c(Nc3ccccc3-c3ccn(C)n3)n2)c(OC)cc1N1CC[C@@H](N(C)C)C1. The minimum absolute atomic E-state index is 0.158. The smallest absolute Gasteiger partial charge is 0.343 e. The average Bonchev–Trinajstić information content (AvgIpc) is 3.71. The molecule has 0 radical (unpaired) electrons. The van der Waals surface area contributed by atoms with Crippen molar-refractivity contribution in [3.63, 3.8) is 0 Å². The zero-order chi connectivity index (χ0) is 33.7. The lowest BCUT2D eigenvalue weighted by molar-refractivity contribution is -0.111. The molecule has 1 fully saturated rings. The molecule has 246 valence electrons. The number of likely N-dealkylation sites (N-methyl/N-ethyl adjacent to an activating group) is 1. The summed E-state index contributed by atoms with van der Waals surface area (Å²) in [5.41, 5.74) is 4.34. The molecular weight excluding hydrogens is 598 g/mol. The third kappa shape index (κ3) is 7.69. The third-order valence-corrected chi connectivity index (χ3v) is 7.76. The highest BCUT2D eigenvalue weighted by atomic mass is 16.5. The van der Waals surface area contributed by atoms with Gasteiger partial charge in [-0.2, -0.15) is 10.1 Å². The molecule has 47 heavy (non-hydrogen) atoms. The number of anilines is 6. The summed E-state index contributed by atoms with van der Waals surface area (Å²) in [4.78, 5) is 39.2. The fraction of sp³-hybridized carbons (Fsp3) is 0.324. The van der Waals surface area contributed by atoms with Crippen molar-refractivity contribution in [3.05, 3.63) is 73.1 Å². The second-order valence-corrected chi connectivity index (χ2v) is 11.7. The summed E-state index contributed by atoms with van der Waals surface area (Å²) in [6.45, 7) is 8.79.